The van der Waals surface area contributed by atoms with E-state index in [-0.39, 0.29) is 0 Å². The molecule has 0 aromatic heterocycles. The van der Waals surface area contributed by atoms with Crippen molar-refractivity contribution in [3.63, 3.8) is 0 Å². The van der Waals surface area contributed by atoms with E-state index in [1.54, 1.807) is 19.2 Å². The minimum absolute atomic E-state index is 0.354. The summed E-state index contributed by atoms with van der Waals surface area (Å²) in [6.45, 7) is 4.64. The van der Waals surface area contributed by atoms with Gasteiger partial charge >= 0.3 is 0 Å². The summed E-state index contributed by atoms with van der Waals surface area (Å²) in [4.78, 5) is 7.10. The topological polar surface area (TPSA) is 73.8 Å². The van der Waals surface area contributed by atoms with Crippen LogP contribution >= 0.6 is 0 Å². The Balaban J connectivity index is 1.38. The normalized spacial score (nSPS) is 15.0. The Bertz CT molecular complexity index is 940. The molecule has 2 aromatic carbocycles. The first-order chi connectivity index (χ1) is 14.0. The van der Waals surface area contributed by atoms with Gasteiger partial charge in [-0.25, -0.2) is 8.42 Å². The third-order valence-corrected chi connectivity index (χ3v) is 6.34. The molecule has 0 saturated heterocycles. The number of hydrogen-bond acceptors (Lipinski definition) is 4. The SMILES string of the molecule is CN=C(NCCc1ccc(S(C)(=O)=O)cc1)NCCN1CCc2ccccc2C1. The minimum Gasteiger partial charge on any atom is -0.356 e. The fourth-order valence-electron chi connectivity index (χ4n) is 3.53. The smallest absolute Gasteiger partial charge is 0.191 e. The monoisotopic (exact) mass is 414 g/mol. The number of benzene rings is 2. The zero-order chi connectivity index (χ0) is 20.7. The number of guanidine groups is 1. The molecular weight excluding hydrogens is 384 g/mol. The van der Waals surface area contributed by atoms with Crippen molar-refractivity contribution in [2.75, 3.05) is 39.5 Å². The number of aliphatic imine (C=N–C) groups is 1. The number of fused-ring (bicyclic) bond motifs is 1. The lowest BCUT2D eigenvalue weighted by Gasteiger charge is -2.28. The molecule has 0 radical (unpaired) electrons. The fraction of sp³-hybridized carbons (Fsp3) is 0.409. The molecule has 0 aliphatic carbocycles. The molecule has 156 valence electrons. The van der Waals surface area contributed by atoms with Crippen LogP contribution in [0.4, 0.5) is 0 Å². The second kappa shape index (κ2) is 9.89. The van der Waals surface area contributed by atoms with Crippen LogP contribution < -0.4 is 10.6 Å². The van der Waals surface area contributed by atoms with E-state index in [1.807, 2.05) is 12.1 Å². The highest BCUT2D eigenvalue weighted by Crippen LogP contribution is 2.17. The minimum atomic E-state index is -3.14. The summed E-state index contributed by atoms with van der Waals surface area (Å²) in [5, 5.41) is 6.69. The summed E-state index contributed by atoms with van der Waals surface area (Å²) in [5.74, 6) is 0.787. The Morgan fingerprint density at radius 3 is 2.41 bits per heavy atom. The van der Waals surface area contributed by atoms with E-state index < -0.39 is 9.84 Å². The van der Waals surface area contributed by atoms with Gasteiger partial charge < -0.3 is 10.6 Å². The second-order valence-corrected chi connectivity index (χ2v) is 9.40. The first-order valence-corrected chi connectivity index (χ1v) is 11.9. The maximum atomic E-state index is 11.5. The maximum Gasteiger partial charge on any atom is 0.191 e. The summed E-state index contributed by atoms with van der Waals surface area (Å²) >= 11 is 0. The van der Waals surface area contributed by atoms with Crippen LogP contribution in [0.25, 0.3) is 0 Å². The Hall–Kier alpha value is -2.38. The van der Waals surface area contributed by atoms with Crippen molar-refractivity contribution in [1.82, 2.24) is 15.5 Å². The van der Waals surface area contributed by atoms with E-state index in [0.29, 0.717) is 4.90 Å². The lowest BCUT2D eigenvalue weighted by Crippen LogP contribution is -2.43. The average molecular weight is 415 g/mol. The molecule has 2 N–H and O–H groups in total. The van der Waals surface area contributed by atoms with Crippen LogP contribution in [0.2, 0.25) is 0 Å². The first kappa shape index (κ1) is 21.3. The molecule has 0 amide bonds. The molecule has 0 bridgehead atoms. The van der Waals surface area contributed by atoms with Gasteiger partial charge in [0.2, 0.25) is 0 Å². The zero-order valence-corrected chi connectivity index (χ0v) is 18.0. The van der Waals surface area contributed by atoms with Crippen LogP contribution in [0.5, 0.6) is 0 Å². The van der Waals surface area contributed by atoms with Gasteiger partial charge in [-0.2, -0.15) is 0 Å². The van der Waals surface area contributed by atoms with Crippen molar-refractivity contribution >= 4 is 15.8 Å². The molecule has 6 nitrogen and oxygen atoms in total. The molecule has 1 heterocycles. The van der Waals surface area contributed by atoms with Crippen LogP contribution in [0.3, 0.4) is 0 Å². The van der Waals surface area contributed by atoms with Gasteiger partial charge in [0.05, 0.1) is 4.90 Å². The van der Waals surface area contributed by atoms with Crippen molar-refractivity contribution in [2.45, 2.75) is 24.3 Å². The third kappa shape index (κ3) is 6.30. The Kier molecular flexibility index (Phi) is 7.28. The fourth-order valence-corrected chi connectivity index (χ4v) is 4.16. The summed E-state index contributed by atoms with van der Waals surface area (Å²) in [7, 11) is -1.37. The van der Waals surface area contributed by atoms with Crippen LogP contribution in [-0.2, 0) is 29.2 Å². The van der Waals surface area contributed by atoms with E-state index in [9.17, 15) is 8.42 Å². The second-order valence-electron chi connectivity index (χ2n) is 7.39. The van der Waals surface area contributed by atoms with Gasteiger partial charge in [-0.1, -0.05) is 36.4 Å². The van der Waals surface area contributed by atoms with Gasteiger partial charge in [0.15, 0.2) is 15.8 Å². The average Bonchev–Trinajstić information content (AvgIpc) is 2.72. The summed E-state index contributed by atoms with van der Waals surface area (Å²) in [6, 6.07) is 15.7. The van der Waals surface area contributed by atoms with Crippen molar-refractivity contribution in [1.29, 1.82) is 0 Å². The standard InChI is InChI=1S/C22H30N4O2S/c1-23-22(24-13-11-18-7-9-21(10-8-18)29(2,27)28)25-14-16-26-15-12-19-5-3-4-6-20(19)17-26/h3-10H,11-17H2,1-2H3,(H2,23,24,25). The van der Waals surface area contributed by atoms with Gasteiger partial charge in [0.1, 0.15) is 0 Å². The molecule has 0 spiro atoms. The molecule has 2 aromatic rings. The van der Waals surface area contributed by atoms with E-state index in [1.165, 1.54) is 17.4 Å². The maximum absolute atomic E-state index is 11.5. The first-order valence-electron chi connectivity index (χ1n) is 9.98. The van der Waals surface area contributed by atoms with Crippen molar-refractivity contribution in [2.24, 2.45) is 4.99 Å². The van der Waals surface area contributed by atoms with Crippen molar-refractivity contribution in [3.05, 3.63) is 65.2 Å². The Morgan fingerprint density at radius 1 is 1.03 bits per heavy atom. The molecule has 1 aliphatic heterocycles. The molecule has 3 rings (SSSR count). The van der Waals surface area contributed by atoms with E-state index >= 15 is 0 Å². The number of nitrogens with one attached hydrogen (secondary N) is 2. The predicted molar refractivity (Wildman–Crippen MR) is 118 cm³/mol. The molecule has 1 aliphatic rings. The largest absolute Gasteiger partial charge is 0.356 e. The molecule has 0 saturated carbocycles. The summed E-state index contributed by atoms with van der Waals surface area (Å²) < 4.78 is 23.0. The van der Waals surface area contributed by atoms with Gasteiger partial charge in [-0.05, 0) is 41.7 Å². The van der Waals surface area contributed by atoms with Crippen LogP contribution in [0.15, 0.2) is 58.4 Å². The van der Waals surface area contributed by atoms with Crippen molar-refractivity contribution in [3.8, 4) is 0 Å². The Morgan fingerprint density at radius 2 is 1.72 bits per heavy atom. The number of rotatable bonds is 7. The summed E-state index contributed by atoms with van der Waals surface area (Å²) in [5.41, 5.74) is 3.99. The van der Waals surface area contributed by atoms with E-state index in [0.717, 1.165) is 57.1 Å². The highest BCUT2D eigenvalue weighted by atomic mass is 32.2. The molecule has 0 atom stereocenters. The third-order valence-electron chi connectivity index (χ3n) is 5.21. The quantitative estimate of drug-likeness (QED) is 0.534. The predicted octanol–water partition coefficient (Wildman–Crippen LogP) is 1.86. The van der Waals surface area contributed by atoms with Crippen LogP contribution in [0, 0.1) is 0 Å². The zero-order valence-electron chi connectivity index (χ0n) is 17.2. The molecular formula is C22H30N4O2S. The highest BCUT2D eigenvalue weighted by molar-refractivity contribution is 7.90. The van der Waals surface area contributed by atoms with E-state index in [2.05, 4.69) is 44.8 Å². The van der Waals surface area contributed by atoms with Gasteiger partial charge in [-0.15, -0.1) is 0 Å². The van der Waals surface area contributed by atoms with E-state index in [4.69, 9.17) is 0 Å². The van der Waals surface area contributed by atoms with Crippen LogP contribution in [0.1, 0.15) is 16.7 Å². The molecule has 7 heteroatoms. The Labute approximate surface area is 174 Å². The number of hydrogen-bond donors (Lipinski definition) is 2. The van der Waals surface area contributed by atoms with Crippen molar-refractivity contribution < 1.29 is 8.42 Å². The van der Waals surface area contributed by atoms with Crippen LogP contribution in [-0.4, -0.2) is 58.8 Å². The van der Waals surface area contributed by atoms with Gasteiger partial charge in [0, 0.05) is 46.0 Å². The highest BCUT2D eigenvalue weighted by Gasteiger charge is 2.15. The molecule has 0 unspecified atom stereocenters. The summed E-state index contributed by atoms with van der Waals surface area (Å²) in [6.07, 6.45) is 3.14. The lowest BCUT2D eigenvalue weighted by molar-refractivity contribution is 0.258. The lowest BCUT2D eigenvalue weighted by atomic mass is 10.00. The number of nitrogens with zero attached hydrogens (tertiary/aromatic N) is 2. The molecule has 29 heavy (non-hydrogen) atoms. The van der Waals surface area contributed by atoms with Gasteiger partial charge in [0.25, 0.3) is 0 Å². The molecule has 0 fully saturated rings. The number of sulfone groups is 1. The van der Waals surface area contributed by atoms with Gasteiger partial charge in [-0.3, -0.25) is 9.89 Å².